The Balaban J connectivity index is 3.59. The molecule has 0 aliphatic carbocycles. The summed E-state index contributed by atoms with van der Waals surface area (Å²) in [5.74, 6) is -0.618. The third-order valence-electron chi connectivity index (χ3n) is 8.30. The lowest BCUT2D eigenvalue weighted by molar-refractivity contribution is -0.161. The summed E-state index contributed by atoms with van der Waals surface area (Å²) >= 11 is 0. The maximum Gasteiger partial charge on any atom is 0.306 e. The van der Waals surface area contributed by atoms with Gasteiger partial charge in [-0.2, -0.15) is 0 Å². The van der Waals surface area contributed by atoms with E-state index in [2.05, 4.69) is 74.6 Å². The van der Waals surface area contributed by atoms with E-state index in [1.165, 1.54) is 77.0 Å². The van der Waals surface area contributed by atoms with E-state index in [1.807, 2.05) is 0 Å². The minimum Gasteiger partial charge on any atom is -0.462 e. The molecule has 276 valence electrons. The van der Waals surface area contributed by atoms with Gasteiger partial charge in [0.05, 0.1) is 6.61 Å². The van der Waals surface area contributed by atoms with Crippen molar-refractivity contribution >= 4 is 11.9 Å². The molecule has 0 heterocycles. The lowest BCUT2D eigenvalue weighted by Crippen LogP contribution is -2.28. The van der Waals surface area contributed by atoms with E-state index >= 15 is 0 Å². The molecular formula is C43H74O5. The lowest BCUT2D eigenvalue weighted by atomic mass is 10.1. The molecule has 1 atom stereocenters. The second kappa shape index (κ2) is 39.0. The molecule has 0 aliphatic rings. The van der Waals surface area contributed by atoms with Crippen LogP contribution in [0.5, 0.6) is 0 Å². The average Bonchev–Trinajstić information content (AvgIpc) is 3.09. The van der Waals surface area contributed by atoms with E-state index in [0.29, 0.717) is 12.8 Å². The van der Waals surface area contributed by atoms with Gasteiger partial charge in [-0.3, -0.25) is 9.59 Å². The molecule has 1 N–H and O–H groups in total. The number of unbranched alkanes of at least 4 members (excludes halogenated alkanes) is 17. The van der Waals surface area contributed by atoms with Gasteiger partial charge in [-0.1, -0.05) is 152 Å². The highest BCUT2D eigenvalue weighted by Crippen LogP contribution is 2.13. The Morgan fingerprint density at radius 1 is 0.500 bits per heavy atom. The highest BCUT2D eigenvalue weighted by molar-refractivity contribution is 5.70. The van der Waals surface area contributed by atoms with E-state index in [4.69, 9.17) is 9.47 Å². The average molecular weight is 671 g/mol. The van der Waals surface area contributed by atoms with Crippen LogP contribution in [0, 0.1) is 0 Å². The molecule has 48 heavy (non-hydrogen) atoms. The Labute approximate surface area is 296 Å². The van der Waals surface area contributed by atoms with Gasteiger partial charge in [0.15, 0.2) is 6.10 Å². The maximum atomic E-state index is 12.2. The van der Waals surface area contributed by atoms with Crippen LogP contribution in [0.25, 0.3) is 0 Å². The van der Waals surface area contributed by atoms with E-state index in [1.54, 1.807) is 0 Å². The monoisotopic (exact) mass is 671 g/mol. The summed E-state index contributed by atoms with van der Waals surface area (Å²) in [5, 5.41) is 9.55. The number of hydrogen-bond donors (Lipinski definition) is 1. The van der Waals surface area contributed by atoms with Crippen molar-refractivity contribution in [3.05, 3.63) is 60.8 Å². The number of aliphatic hydroxyl groups excluding tert-OH is 1. The zero-order valence-electron chi connectivity index (χ0n) is 31.2. The predicted molar refractivity (Wildman–Crippen MR) is 205 cm³/mol. The second-order valence-electron chi connectivity index (χ2n) is 13.0. The van der Waals surface area contributed by atoms with E-state index in [0.717, 1.165) is 77.0 Å². The summed E-state index contributed by atoms with van der Waals surface area (Å²) in [6.45, 7) is 3.98. The van der Waals surface area contributed by atoms with Crippen LogP contribution in [0.2, 0.25) is 0 Å². The molecule has 5 nitrogen and oxygen atoms in total. The first-order valence-electron chi connectivity index (χ1n) is 19.8. The van der Waals surface area contributed by atoms with Crippen LogP contribution in [0.4, 0.5) is 0 Å². The smallest absolute Gasteiger partial charge is 0.306 e. The lowest BCUT2D eigenvalue weighted by Gasteiger charge is -2.15. The van der Waals surface area contributed by atoms with Gasteiger partial charge < -0.3 is 14.6 Å². The highest BCUT2D eigenvalue weighted by atomic mass is 16.6. The molecular weight excluding hydrogens is 596 g/mol. The molecule has 0 spiro atoms. The summed E-state index contributed by atoms with van der Waals surface area (Å²) in [6, 6.07) is 0. The number of hydrogen-bond acceptors (Lipinski definition) is 5. The van der Waals surface area contributed by atoms with Crippen molar-refractivity contribution in [2.24, 2.45) is 0 Å². The zero-order chi connectivity index (χ0) is 35.0. The minimum absolute atomic E-state index is 0.0771. The summed E-state index contributed by atoms with van der Waals surface area (Å²) in [4.78, 5) is 24.3. The molecule has 0 saturated carbocycles. The number of esters is 2. The summed E-state index contributed by atoms with van der Waals surface area (Å²) in [6.07, 6.45) is 49.9. The van der Waals surface area contributed by atoms with Crippen LogP contribution >= 0.6 is 0 Å². The largest absolute Gasteiger partial charge is 0.462 e. The molecule has 0 bridgehead atoms. The number of aliphatic hydroxyl groups is 1. The molecule has 0 fully saturated rings. The molecule has 0 aromatic carbocycles. The zero-order valence-corrected chi connectivity index (χ0v) is 31.2. The van der Waals surface area contributed by atoms with Crippen LogP contribution in [0.15, 0.2) is 60.8 Å². The Morgan fingerprint density at radius 3 is 1.35 bits per heavy atom. The molecule has 5 heteroatoms. The van der Waals surface area contributed by atoms with Crippen LogP contribution in [-0.2, 0) is 19.1 Å². The molecule has 0 aromatic heterocycles. The van der Waals surface area contributed by atoms with Crippen LogP contribution in [0.3, 0.4) is 0 Å². The van der Waals surface area contributed by atoms with Crippen LogP contribution in [0.1, 0.15) is 181 Å². The molecule has 0 saturated heterocycles. The maximum absolute atomic E-state index is 12.2. The topological polar surface area (TPSA) is 72.8 Å². The standard InChI is InChI=1S/C43H74O5/c1-3-5-7-9-11-13-15-17-19-20-21-22-24-25-27-29-31-33-35-37-42(45)47-40-41(39-44)48-43(46)38-36-34-32-30-28-26-23-18-16-14-12-10-8-6-4-2/h6,8,11-14,17-19,23,41,44H,3-5,7,9-10,15-16,20-22,24-40H2,1-2H3. The fourth-order valence-corrected chi connectivity index (χ4v) is 5.30. The van der Waals surface area contributed by atoms with Crippen molar-refractivity contribution < 1.29 is 24.2 Å². The van der Waals surface area contributed by atoms with E-state index < -0.39 is 6.10 Å². The van der Waals surface area contributed by atoms with Gasteiger partial charge in [-0.15, -0.1) is 0 Å². The van der Waals surface area contributed by atoms with Crippen molar-refractivity contribution in [1.82, 2.24) is 0 Å². The Bertz CT molecular complexity index is 853. The molecule has 0 amide bonds. The van der Waals surface area contributed by atoms with Gasteiger partial charge in [0.1, 0.15) is 6.61 Å². The molecule has 0 rings (SSSR count). The fraction of sp³-hybridized carbons (Fsp3) is 0.721. The predicted octanol–water partition coefficient (Wildman–Crippen LogP) is 12.4. The van der Waals surface area contributed by atoms with Gasteiger partial charge in [0.2, 0.25) is 0 Å². The van der Waals surface area contributed by atoms with E-state index in [-0.39, 0.29) is 25.2 Å². The first-order chi connectivity index (χ1) is 23.6. The Morgan fingerprint density at radius 2 is 0.896 bits per heavy atom. The van der Waals surface area contributed by atoms with Crippen molar-refractivity contribution in [2.75, 3.05) is 13.2 Å². The molecule has 1 unspecified atom stereocenters. The highest BCUT2D eigenvalue weighted by Gasteiger charge is 2.16. The summed E-state index contributed by atoms with van der Waals surface area (Å²) in [5.41, 5.74) is 0. The van der Waals surface area contributed by atoms with Crippen molar-refractivity contribution in [2.45, 2.75) is 187 Å². The third kappa shape index (κ3) is 36.4. The quantitative estimate of drug-likeness (QED) is 0.0413. The van der Waals surface area contributed by atoms with Crippen molar-refractivity contribution in [1.29, 1.82) is 0 Å². The van der Waals surface area contributed by atoms with Gasteiger partial charge in [0, 0.05) is 12.8 Å². The van der Waals surface area contributed by atoms with Gasteiger partial charge in [0.25, 0.3) is 0 Å². The van der Waals surface area contributed by atoms with Gasteiger partial charge in [-0.25, -0.2) is 0 Å². The molecule has 0 aromatic rings. The Hall–Kier alpha value is -2.40. The fourth-order valence-electron chi connectivity index (χ4n) is 5.30. The number of carbonyl (C=O) groups is 2. The number of rotatable bonds is 35. The molecule has 0 radical (unpaired) electrons. The van der Waals surface area contributed by atoms with E-state index in [9.17, 15) is 14.7 Å². The normalized spacial score (nSPS) is 12.8. The number of carbonyl (C=O) groups excluding carboxylic acids is 2. The van der Waals surface area contributed by atoms with Gasteiger partial charge >= 0.3 is 11.9 Å². The Kier molecular flexibility index (Phi) is 37.1. The van der Waals surface area contributed by atoms with Crippen molar-refractivity contribution in [3.8, 4) is 0 Å². The van der Waals surface area contributed by atoms with Gasteiger partial charge in [-0.05, 0) is 77.0 Å². The first kappa shape index (κ1) is 45.6. The third-order valence-corrected chi connectivity index (χ3v) is 8.30. The van der Waals surface area contributed by atoms with Crippen molar-refractivity contribution in [3.63, 3.8) is 0 Å². The minimum atomic E-state index is -0.783. The number of allylic oxidation sites excluding steroid dienone is 10. The number of ether oxygens (including phenoxy) is 2. The van der Waals surface area contributed by atoms with Crippen LogP contribution < -0.4 is 0 Å². The van der Waals surface area contributed by atoms with Crippen LogP contribution in [-0.4, -0.2) is 36.4 Å². The first-order valence-corrected chi connectivity index (χ1v) is 19.8. The SMILES string of the molecule is CCC=CCC=CCC=CCCCCCCCC(=O)OC(CO)COC(=O)CCCCCCCCCCCC=CCC=CCCCCC. The summed E-state index contributed by atoms with van der Waals surface area (Å²) < 4.78 is 10.6. The molecule has 0 aliphatic heterocycles. The summed E-state index contributed by atoms with van der Waals surface area (Å²) in [7, 11) is 0. The second-order valence-corrected chi connectivity index (χ2v) is 13.0.